The van der Waals surface area contributed by atoms with E-state index in [1.807, 2.05) is 19.1 Å². The maximum Gasteiger partial charge on any atom is 0.305 e. The molecule has 0 aliphatic carbocycles. The van der Waals surface area contributed by atoms with E-state index in [0.717, 1.165) is 5.56 Å². The molecule has 1 amide bonds. The Kier molecular flexibility index (Phi) is 6.25. The van der Waals surface area contributed by atoms with Crippen molar-refractivity contribution in [2.45, 2.75) is 31.7 Å². The second-order valence-corrected chi connectivity index (χ2v) is 6.44. The number of aliphatic carboxylic acids is 1. The van der Waals surface area contributed by atoms with Crippen LogP contribution in [0.2, 0.25) is 0 Å². The van der Waals surface area contributed by atoms with Crippen LogP contribution in [0.25, 0.3) is 0 Å². The lowest BCUT2D eigenvalue weighted by molar-refractivity contribution is -0.139. The Morgan fingerprint density at radius 3 is 2.60 bits per heavy atom. The topological polar surface area (TPSA) is 94.1 Å². The summed E-state index contributed by atoms with van der Waals surface area (Å²) in [6.07, 6.45) is 0.881. The fourth-order valence-electron chi connectivity index (χ4n) is 3.02. The highest BCUT2D eigenvalue weighted by molar-refractivity contribution is 5.80. The van der Waals surface area contributed by atoms with Crippen LogP contribution in [0.15, 0.2) is 18.2 Å². The van der Waals surface area contributed by atoms with E-state index in [-0.39, 0.29) is 24.9 Å². The molecule has 138 valence electrons. The third kappa shape index (κ3) is 4.85. The fourth-order valence-corrected chi connectivity index (χ4v) is 3.02. The van der Waals surface area contributed by atoms with E-state index in [1.165, 1.54) is 0 Å². The van der Waals surface area contributed by atoms with Crippen LogP contribution in [-0.4, -0.2) is 50.0 Å². The van der Waals surface area contributed by atoms with Crippen molar-refractivity contribution in [3.63, 3.8) is 0 Å². The first-order chi connectivity index (χ1) is 11.9. The molecule has 2 rings (SSSR count). The van der Waals surface area contributed by atoms with Crippen molar-refractivity contribution in [3.05, 3.63) is 23.8 Å². The van der Waals surface area contributed by atoms with Gasteiger partial charge in [-0.25, -0.2) is 0 Å². The summed E-state index contributed by atoms with van der Waals surface area (Å²) in [5.74, 6) is -0.199. The number of benzene rings is 1. The highest BCUT2D eigenvalue weighted by Gasteiger charge is 2.39. The van der Waals surface area contributed by atoms with Gasteiger partial charge in [-0.3, -0.25) is 9.59 Å². The zero-order chi connectivity index (χ0) is 18.4. The quantitative estimate of drug-likeness (QED) is 0.739. The molecule has 1 aromatic carbocycles. The van der Waals surface area contributed by atoms with Gasteiger partial charge in [-0.15, -0.1) is 0 Å². The molecule has 0 aromatic heterocycles. The smallest absolute Gasteiger partial charge is 0.305 e. The summed E-state index contributed by atoms with van der Waals surface area (Å²) in [4.78, 5) is 23.7. The van der Waals surface area contributed by atoms with Gasteiger partial charge in [0.25, 0.3) is 0 Å². The van der Waals surface area contributed by atoms with Crippen molar-refractivity contribution >= 4 is 11.9 Å². The number of carboxylic acid groups (broad SMARTS) is 1. The number of ether oxygens (including phenoxy) is 3. The van der Waals surface area contributed by atoms with E-state index in [2.05, 4.69) is 5.32 Å². The number of hydrogen-bond acceptors (Lipinski definition) is 5. The Hall–Kier alpha value is -2.28. The van der Waals surface area contributed by atoms with Crippen LogP contribution in [0.4, 0.5) is 0 Å². The molecule has 7 nitrogen and oxygen atoms in total. The lowest BCUT2D eigenvalue weighted by Crippen LogP contribution is -2.52. The van der Waals surface area contributed by atoms with Gasteiger partial charge in [-0.05, 0) is 30.5 Å². The minimum atomic E-state index is -0.946. The van der Waals surface area contributed by atoms with Crippen LogP contribution in [0.5, 0.6) is 11.5 Å². The van der Waals surface area contributed by atoms with Crippen LogP contribution >= 0.6 is 0 Å². The van der Waals surface area contributed by atoms with Crippen LogP contribution in [0.1, 0.15) is 25.3 Å². The molecule has 2 unspecified atom stereocenters. The summed E-state index contributed by atoms with van der Waals surface area (Å²) in [6.45, 7) is 2.50. The molecule has 25 heavy (non-hydrogen) atoms. The van der Waals surface area contributed by atoms with Gasteiger partial charge in [0, 0.05) is 12.5 Å². The van der Waals surface area contributed by atoms with Gasteiger partial charge in [0.15, 0.2) is 11.5 Å². The van der Waals surface area contributed by atoms with Gasteiger partial charge in [0.2, 0.25) is 5.91 Å². The molecule has 1 aromatic rings. The average Bonchev–Trinajstić information content (AvgIpc) is 3.01. The number of methoxy groups -OCH3 is 2. The second kappa shape index (κ2) is 8.20. The largest absolute Gasteiger partial charge is 0.493 e. The summed E-state index contributed by atoms with van der Waals surface area (Å²) in [5, 5.41) is 12.0. The summed E-state index contributed by atoms with van der Waals surface area (Å²) in [7, 11) is 3.13. The van der Waals surface area contributed by atoms with Gasteiger partial charge in [-0.2, -0.15) is 0 Å². The molecule has 1 aliphatic rings. The van der Waals surface area contributed by atoms with Crippen LogP contribution in [0, 0.1) is 5.92 Å². The maximum atomic E-state index is 12.6. The van der Waals surface area contributed by atoms with Gasteiger partial charge in [0.1, 0.15) is 0 Å². The number of amides is 1. The van der Waals surface area contributed by atoms with E-state index in [4.69, 9.17) is 19.3 Å². The first-order valence-electron chi connectivity index (χ1n) is 8.21. The first-order valence-corrected chi connectivity index (χ1v) is 8.21. The minimum absolute atomic E-state index is 0.137. The summed E-state index contributed by atoms with van der Waals surface area (Å²) in [6, 6.07) is 5.53. The Morgan fingerprint density at radius 2 is 2.04 bits per heavy atom. The van der Waals surface area contributed by atoms with Gasteiger partial charge in [0.05, 0.1) is 32.8 Å². The molecule has 0 radical (unpaired) electrons. The van der Waals surface area contributed by atoms with Crippen molar-refractivity contribution in [3.8, 4) is 11.5 Å². The van der Waals surface area contributed by atoms with Crippen LogP contribution in [0.3, 0.4) is 0 Å². The molecule has 1 fully saturated rings. The fraction of sp³-hybridized carbons (Fsp3) is 0.556. The first kappa shape index (κ1) is 19.1. The van der Waals surface area contributed by atoms with Gasteiger partial charge >= 0.3 is 5.97 Å². The molecule has 0 spiro atoms. The Balaban J connectivity index is 2.03. The average molecular weight is 351 g/mol. The Labute approximate surface area is 147 Å². The predicted octanol–water partition coefficient (Wildman–Crippen LogP) is 1.63. The summed E-state index contributed by atoms with van der Waals surface area (Å²) < 4.78 is 15.8. The van der Waals surface area contributed by atoms with Crippen molar-refractivity contribution in [2.24, 2.45) is 5.92 Å². The predicted molar refractivity (Wildman–Crippen MR) is 91.0 cm³/mol. The molecule has 0 saturated carbocycles. The summed E-state index contributed by atoms with van der Waals surface area (Å²) in [5.41, 5.74) is 0.129. The molecule has 7 heteroatoms. The van der Waals surface area contributed by atoms with Crippen molar-refractivity contribution in [1.82, 2.24) is 5.32 Å². The van der Waals surface area contributed by atoms with Crippen LogP contribution in [-0.2, 0) is 20.7 Å². The normalized spacial score (nSPS) is 20.8. The monoisotopic (exact) mass is 351 g/mol. The van der Waals surface area contributed by atoms with E-state index in [0.29, 0.717) is 30.9 Å². The molecule has 2 N–H and O–H groups in total. The van der Waals surface area contributed by atoms with E-state index < -0.39 is 11.5 Å². The number of nitrogens with one attached hydrogen (secondary N) is 1. The lowest BCUT2D eigenvalue weighted by Gasteiger charge is -2.28. The molecule has 1 saturated heterocycles. The van der Waals surface area contributed by atoms with Gasteiger partial charge < -0.3 is 24.6 Å². The highest BCUT2D eigenvalue weighted by atomic mass is 16.5. The van der Waals surface area contributed by atoms with E-state index in [1.54, 1.807) is 20.3 Å². The SMILES string of the molecule is COc1ccc(CC(C)C(=O)NC2(CC(=O)O)CCOC2)cc1OC. The number of rotatable bonds is 8. The number of carbonyl (C=O) groups excluding carboxylic acids is 1. The maximum absolute atomic E-state index is 12.6. The molecule has 1 aliphatic heterocycles. The second-order valence-electron chi connectivity index (χ2n) is 6.44. The standard InChI is InChI=1S/C18H25NO6/c1-12(8-13-4-5-14(23-2)15(9-13)24-3)17(22)19-18(10-16(20)21)6-7-25-11-18/h4-5,9,12H,6-8,10-11H2,1-3H3,(H,19,22)(H,20,21). The third-order valence-electron chi connectivity index (χ3n) is 4.42. The minimum Gasteiger partial charge on any atom is -0.493 e. The summed E-state index contributed by atoms with van der Waals surface area (Å²) >= 11 is 0. The lowest BCUT2D eigenvalue weighted by atomic mass is 9.92. The van der Waals surface area contributed by atoms with Gasteiger partial charge in [-0.1, -0.05) is 13.0 Å². The Morgan fingerprint density at radius 1 is 1.32 bits per heavy atom. The molecular formula is C18H25NO6. The van der Waals surface area contributed by atoms with Crippen molar-refractivity contribution in [1.29, 1.82) is 0 Å². The van der Waals surface area contributed by atoms with Crippen LogP contribution < -0.4 is 14.8 Å². The molecule has 0 bridgehead atoms. The van der Waals surface area contributed by atoms with E-state index >= 15 is 0 Å². The number of carbonyl (C=O) groups is 2. The van der Waals surface area contributed by atoms with E-state index in [9.17, 15) is 9.59 Å². The molecular weight excluding hydrogens is 326 g/mol. The Bertz CT molecular complexity index is 624. The van der Waals surface area contributed by atoms with Crippen molar-refractivity contribution < 1.29 is 28.9 Å². The highest BCUT2D eigenvalue weighted by Crippen LogP contribution is 2.29. The zero-order valence-electron chi connectivity index (χ0n) is 14.8. The third-order valence-corrected chi connectivity index (χ3v) is 4.42. The van der Waals surface area contributed by atoms with Crippen molar-refractivity contribution in [2.75, 3.05) is 27.4 Å². The molecule has 1 heterocycles. The number of carboxylic acids is 1. The number of hydrogen-bond donors (Lipinski definition) is 2. The zero-order valence-corrected chi connectivity index (χ0v) is 14.8. The molecule has 2 atom stereocenters.